The van der Waals surface area contributed by atoms with Gasteiger partial charge in [0, 0.05) is 0 Å². The normalized spacial score (nSPS) is 18.2. The molecule has 96 valence electrons. The molecule has 0 aromatic heterocycles. The molecule has 1 heterocycles. The lowest BCUT2D eigenvalue weighted by molar-refractivity contribution is 0.0914. The highest BCUT2D eigenvalue weighted by Gasteiger charge is 2.29. The van der Waals surface area contributed by atoms with E-state index < -0.39 is 0 Å². The van der Waals surface area contributed by atoms with Gasteiger partial charge in [0.1, 0.15) is 5.75 Å². The Bertz CT molecular complexity index is 491. The third-order valence-corrected chi connectivity index (χ3v) is 3.83. The molecule has 0 amide bonds. The summed E-state index contributed by atoms with van der Waals surface area (Å²) in [5.74, 6) is 1.35. The van der Waals surface area contributed by atoms with Crippen molar-refractivity contribution in [1.82, 2.24) is 0 Å². The van der Waals surface area contributed by atoms with Crippen molar-refractivity contribution in [2.24, 2.45) is 0 Å². The summed E-state index contributed by atoms with van der Waals surface area (Å²) in [6.07, 6.45) is 0.381. The van der Waals surface area contributed by atoms with Crippen LogP contribution >= 0.6 is 11.8 Å². The van der Waals surface area contributed by atoms with Crippen molar-refractivity contribution in [3.63, 3.8) is 0 Å². The van der Waals surface area contributed by atoms with Gasteiger partial charge in [-0.15, -0.1) is 11.8 Å². The maximum Gasteiger partial charge on any atom is 0.171 e. The van der Waals surface area contributed by atoms with E-state index in [4.69, 9.17) is 4.74 Å². The second kappa shape index (κ2) is 5.14. The highest BCUT2D eigenvalue weighted by atomic mass is 32.2. The number of aryl methyl sites for hydroxylation is 1. The van der Waals surface area contributed by atoms with E-state index in [0.717, 1.165) is 11.3 Å². The fourth-order valence-corrected chi connectivity index (χ4v) is 2.89. The monoisotopic (exact) mass is 264 g/mol. The predicted octanol–water partition coefficient (Wildman–Crippen LogP) is 3.24. The Labute approximate surface area is 111 Å². The van der Waals surface area contributed by atoms with Crippen LogP contribution in [0.5, 0.6) is 5.75 Å². The fraction of sp³-hybridized carbons (Fsp3) is 0.429. The Morgan fingerprint density at radius 2 is 2.22 bits per heavy atom. The maximum absolute atomic E-state index is 12.1. The molecule has 18 heavy (non-hydrogen) atoms. The second-order valence-corrected chi connectivity index (χ2v) is 5.81. The smallest absolute Gasteiger partial charge is 0.171 e. The first-order valence-corrected chi connectivity index (χ1v) is 7.04. The minimum Gasteiger partial charge on any atom is -0.478 e. The quantitative estimate of drug-likeness (QED) is 0.786. The number of rotatable bonds is 3. The van der Waals surface area contributed by atoms with Gasteiger partial charge in [-0.1, -0.05) is 6.92 Å². The Balaban J connectivity index is 2.49. The number of fused-ring (bicyclic) bond motifs is 1. The lowest BCUT2D eigenvalue weighted by atomic mass is 9.97. The molecule has 1 aromatic carbocycles. The Morgan fingerprint density at radius 1 is 1.50 bits per heavy atom. The van der Waals surface area contributed by atoms with E-state index >= 15 is 0 Å². The number of ketones is 2. The molecule has 0 fully saturated rings. The van der Waals surface area contributed by atoms with Gasteiger partial charge in [-0.2, -0.15) is 0 Å². The van der Waals surface area contributed by atoms with Crippen molar-refractivity contribution in [3.05, 3.63) is 28.8 Å². The van der Waals surface area contributed by atoms with Crippen molar-refractivity contribution in [2.75, 3.05) is 5.75 Å². The Kier molecular flexibility index (Phi) is 3.76. The third-order valence-electron chi connectivity index (χ3n) is 2.87. The van der Waals surface area contributed by atoms with Gasteiger partial charge in [0.15, 0.2) is 17.0 Å². The number of hydrogen-bond acceptors (Lipinski definition) is 4. The number of ether oxygens (including phenoxy) is 1. The molecule has 1 aliphatic heterocycles. The molecule has 0 saturated carbocycles. The Morgan fingerprint density at radius 3 is 2.83 bits per heavy atom. The Hall–Kier alpha value is -1.29. The van der Waals surface area contributed by atoms with Gasteiger partial charge in [0.05, 0.1) is 17.5 Å². The lowest BCUT2D eigenvalue weighted by Crippen LogP contribution is -2.26. The van der Waals surface area contributed by atoms with E-state index in [0.29, 0.717) is 23.3 Å². The molecule has 1 aromatic rings. The van der Waals surface area contributed by atoms with Crippen LogP contribution < -0.4 is 4.74 Å². The molecule has 0 radical (unpaired) electrons. The van der Waals surface area contributed by atoms with Crippen LogP contribution in [-0.2, 0) is 0 Å². The van der Waals surface area contributed by atoms with Crippen LogP contribution in [0, 0.1) is 6.92 Å². The zero-order chi connectivity index (χ0) is 13.3. The van der Waals surface area contributed by atoms with E-state index in [9.17, 15) is 9.59 Å². The standard InChI is InChI=1S/C14H16O3S/c1-4-18-13-7-12(16)11-6-8(2)5-10(9(3)15)14(11)17-13/h5-6,13H,4,7H2,1-3H3. The molecular formula is C14H16O3S. The van der Waals surface area contributed by atoms with Crippen molar-refractivity contribution in [3.8, 4) is 5.75 Å². The fourth-order valence-electron chi connectivity index (χ4n) is 2.08. The van der Waals surface area contributed by atoms with Gasteiger partial charge in [0.2, 0.25) is 0 Å². The summed E-state index contributed by atoms with van der Waals surface area (Å²) in [7, 11) is 0. The maximum atomic E-state index is 12.1. The van der Waals surface area contributed by atoms with Gasteiger partial charge in [-0.25, -0.2) is 0 Å². The summed E-state index contributed by atoms with van der Waals surface area (Å²) in [4.78, 5) is 23.7. The zero-order valence-corrected chi connectivity index (χ0v) is 11.6. The van der Waals surface area contributed by atoms with Crippen LogP contribution in [0.2, 0.25) is 0 Å². The number of thioether (sulfide) groups is 1. The van der Waals surface area contributed by atoms with Crippen molar-refractivity contribution in [1.29, 1.82) is 0 Å². The van der Waals surface area contributed by atoms with Gasteiger partial charge in [-0.05, 0) is 37.3 Å². The van der Waals surface area contributed by atoms with E-state index in [-0.39, 0.29) is 17.0 Å². The molecule has 0 spiro atoms. The first-order valence-electron chi connectivity index (χ1n) is 6.00. The molecule has 0 N–H and O–H groups in total. The molecule has 0 bridgehead atoms. The molecule has 2 rings (SSSR count). The zero-order valence-electron chi connectivity index (χ0n) is 10.8. The summed E-state index contributed by atoms with van der Waals surface area (Å²) in [6, 6.07) is 3.59. The molecule has 0 aliphatic carbocycles. The van der Waals surface area contributed by atoms with Crippen molar-refractivity contribution in [2.45, 2.75) is 32.6 Å². The van der Waals surface area contributed by atoms with Crippen LogP contribution in [-0.4, -0.2) is 22.8 Å². The van der Waals surface area contributed by atoms with Gasteiger partial charge in [0.25, 0.3) is 0 Å². The molecule has 1 atom stereocenters. The summed E-state index contributed by atoms with van der Waals surface area (Å²) in [5, 5.41) is 0. The highest BCUT2D eigenvalue weighted by Crippen LogP contribution is 2.35. The van der Waals surface area contributed by atoms with E-state index in [1.54, 1.807) is 23.9 Å². The summed E-state index contributed by atoms with van der Waals surface area (Å²) < 4.78 is 5.81. The summed E-state index contributed by atoms with van der Waals surface area (Å²) in [6.45, 7) is 5.40. The average molecular weight is 264 g/mol. The third kappa shape index (κ3) is 2.43. The molecular weight excluding hydrogens is 248 g/mol. The minimum atomic E-state index is -0.171. The van der Waals surface area contributed by atoms with E-state index in [1.165, 1.54) is 6.92 Å². The van der Waals surface area contributed by atoms with Crippen molar-refractivity contribution < 1.29 is 14.3 Å². The molecule has 1 unspecified atom stereocenters. The number of Topliss-reactive ketones (excluding diaryl/α,β-unsaturated/α-hetero) is 2. The molecule has 1 aliphatic rings. The molecule has 3 nitrogen and oxygen atoms in total. The van der Waals surface area contributed by atoms with Gasteiger partial charge < -0.3 is 4.74 Å². The van der Waals surface area contributed by atoms with Crippen LogP contribution in [0.15, 0.2) is 12.1 Å². The first-order chi connectivity index (χ1) is 8.52. The number of carbonyl (C=O) groups is 2. The van der Waals surface area contributed by atoms with Crippen molar-refractivity contribution >= 4 is 23.3 Å². The van der Waals surface area contributed by atoms with Gasteiger partial charge >= 0.3 is 0 Å². The van der Waals surface area contributed by atoms with E-state index in [2.05, 4.69) is 0 Å². The number of carbonyl (C=O) groups excluding carboxylic acids is 2. The van der Waals surface area contributed by atoms with Crippen LogP contribution in [0.3, 0.4) is 0 Å². The minimum absolute atomic E-state index is 0.0633. The highest BCUT2D eigenvalue weighted by molar-refractivity contribution is 7.99. The predicted molar refractivity (Wildman–Crippen MR) is 72.7 cm³/mol. The van der Waals surface area contributed by atoms with Crippen LogP contribution in [0.25, 0.3) is 0 Å². The van der Waals surface area contributed by atoms with Crippen LogP contribution in [0.1, 0.15) is 46.5 Å². The molecule has 0 saturated heterocycles. The molecule has 4 heteroatoms. The van der Waals surface area contributed by atoms with Gasteiger partial charge in [-0.3, -0.25) is 9.59 Å². The SMILES string of the molecule is CCSC1CC(=O)c2cc(C)cc(C(C)=O)c2O1. The number of benzene rings is 1. The first kappa shape index (κ1) is 13.1. The number of hydrogen-bond donors (Lipinski definition) is 0. The summed E-state index contributed by atoms with van der Waals surface area (Å²) in [5.41, 5.74) is 1.81. The largest absolute Gasteiger partial charge is 0.478 e. The van der Waals surface area contributed by atoms with Crippen LogP contribution in [0.4, 0.5) is 0 Å². The average Bonchev–Trinajstić information content (AvgIpc) is 2.29. The summed E-state index contributed by atoms with van der Waals surface area (Å²) >= 11 is 1.59. The topological polar surface area (TPSA) is 43.4 Å². The second-order valence-electron chi connectivity index (χ2n) is 4.38. The van der Waals surface area contributed by atoms with E-state index in [1.807, 2.05) is 13.8 Å². The lowest BCUT2D eigenvalue weighted by Gasteiger charge is -2.26.